The number of halogens is 1. The fraction of sp³-hybridized carbons (Fsp3) is 0.190. The van der Waals surface area contributed by atoms with Crippen LogP contribution in [0, 0.1) is 5.82 Å². The molecule has 3 aromatic rings. The number of sulfonamides is 1. The first-order valence-electron chi connectivity index (χ1n) is 9.23. The Bertz CT molecular complexity index is 1130. The maximum atomic E-state index is 13.1. The highest BCUT2D eigenvalue weighted by Gasteiger charge is 2.20. The van der Waals surface area contributed by atoms with Gasteiger partial charge in [-0.25, -0.2) is 12.8 Å². The van der Waals surface area contributed by atoms with E-state index >= 15 is 0 Å². The first-order chi connectivity index (χ1) is 13.9. The molecule has 0 atom stereocenters. The predicted octanol–water partition coefficient (Wildman–Crippen LogP) is 4.82. The first kappa shape index (κ1) is 19.6. The van der Waals surface area contributed by atoms with Gasteiger partial charge in [-0.1, -0.05) is 12.1 Å². The molecule has 2 aromatic carbocycles. The molecule has 0 fully saturated rings. The predicted molar refractivity (Wildman–Crippen MR) is 113 cm³/mol. The molecule has 0 unspecified atom stereocenters. The number of nitrogens with one attached hydrogen (secondary N) is 2. The second kappa shape index (κ2) is 7.96. The van der Waals surface area contributed by atoms with Gasteiger partial charge in [0.25, 0.3) is 15.9 Å². The van der Waals surface area contributed by atoms with Crippen LogP contribution in [0.15, 0.2) is 59.5 Å². The van der Waals surface area contributed by atoms with Gasteiger partial charge in [0.05, 0.1) is 21.1 Å². The van der Waals surface area contributed by atoms with Crippen molar-refractivity contribution in [2.75, 3.05) is 10.0 Å². The molecule has 1 aromatic heterocycles. The van der Waals surface area contributed by atoms with E-state index in [1.807, 2.05) is 6.07 Å². The Morgan fingerprint density at radius 2 is 1.66 bits per heavy atom. The summed E-state index contributed by atoms with van der Waals surface area (Å²) in [6.45, 7) is 0. The smallest absolute Gasteiger partial charge is 0.265 e. The Kier molecular flexibility index (Phi) is 5.38. The average molecular weight is 431 g/mol. The highest BCUT2D eigenvalue weighted by molar-refractivity contribution is 7.92. The molecule has 4 rings (SSSR count). The number of para-hydroxylation sites is 2. The van der Waals surface area contributed by atoms with Crippen molar-refractivity contribution in [3.63, 3.8) is 0 Å². The van der Waals surface area contributed by atoms with Crippen LogP contribution >= 0.6 is 11.3 Å². The third kappa shape index (κ3) is 4.33. The average Bonchev–Trinajstić information content (AvgIpc) is 3.14. The van der Waals surface area contributed by atoms with Crippen molar-refractivity contribution in [2.24, 2.45) is 0 Å². The standard InChI is InChI=1S/C21H19FN2O3S2/c22-15-9-11-16(12-10-15)29(26,27)24-18-7-3-2-6-17(18)23-21(25)20-13-14-5-1-4-8-19(14)28-20/h2-3,6-7,9-13,24H,1,4-5,8H2,(H,23,25). The Morgan fingerprint density at radius 1 is 0.966 bits per heavy atom. The van der Waals surface area contributed by atoms with Crippen LogP contribution in [0.2, 0.25) is 0 Å². The second-order valence-corrected chi connectivity index (χ2v) is 9.64. The van der Waals surface area contributed by atoms with E-state index in [1.165, 1.54) is 33.9 Å². The molecular weight excluding hydrogens is 411 g/mol. The van der Waals surface area contributed by atoms with Gasteiger partial charge in [0.15, 0.2) is 0 Å². The molecule has 0 saturated heterocycles. The molecule has 8 heteroatoms. The summed E-state index contributed by atoms with van der Waals surface area (Å²) < 4.78 is 40.8. The van der Waals surface area contributed by atoms with Crippen LogP contribution in [-0.2, 0) is 22.9 Å². The summed E-state index contributed by atoms with van der Waals surface area (Å²) in [6.07, 6.45) is 4.27. The number of carbonyl (C=O) groups is 1. The Labute approximate surface area is 172 Å². The summed E-state index contributed by atoms with van der Waals surface area (Å²) >= 11 is 1.49. The summed E-state index contributed by atoms with van der Waals surface area (Å²) in [5.74, 6) is -0.784. The van der Waals surface area contributed by atoms with E-state index in [1.54, 1.807) is 24.3 Å². The molecule has 1 aliphatic rings. The highest BCUT2D eigenvalue weighted by Crippen LogP contribution is 2.31. The lowest BCUT2D eigenvalue weighted by molar-refractivity contribution is 0.103. The summed E-state index contributed by atoms with van der Waals surface area (Å²) in [4.78, 5) is 14.5. The molecule has 0 bridgehead atoms. The van der Waals surface area contributed by atoms with Crippen LogP contribution in [-0.4, -0.2) is 14.3 Å². The van der Waals surface area contributed by atoms with Crippen LogP contribution in [0.3, 0.4) is 0 Å². The maximum absolute atomic E-state index is 13.1. The molecule has 0 aliphatic heterocycles. The van der Waals surface area contributed by atoms with Crippen LogP contribution < -0.4 is 10.0 Å². The van der Waals surface area contributed by atoms with Gasteiger partial charge in [-0.05, 0) is 73.7 Å². The molecule has 5 nitrogen and oxygen atoms in total. The van der Waals surface area contributed by atoms with Gasteiger partial charge in [-0.15, -0.1) is 11.3 Å². The number of hydrogen-bond donors (Lipinski definition) is 2. The Morgan fingerprint density at radius 3 is 2.38 bits per heavy atom. The third-order valence-electron chi connectivity index (χ3n) is 4.76. The number of hydrogen-bond acceptors (Lipinski definition) is 4. The quantitative estimate of drug-likeness (QED) is 0.609. The van der Waals surface area contributed by atoms with E-state index in [9.17, 15) is 17.6 Å². The van der Waals surface area contributed by atoms with E-state index in [0.29, 0.717) is 10.6 Å². The molecule has 150 valence electrons. The lowest BCUT2D eigenvalue weighted by atomic mass is 9.99. The second-order valence-electron chi connectivity index (χ2n) is 6.83. The Hall–Kier alpha value is -2.71. The van der Waals surface area contributed by atoms with Crippen molar-refractivity contribution in [1.29, 1.82) is 0 Å². The molecular formula is C21H19FN2O3S2. The van der Waals surface area contributed by atoms with Crippen molar-refractivity contribution >= 4 is 38.6 Å². The first-order valence-corrected chi connectivity index (χ1v) is 11.5. The number of carbonyl (C=O) groups excluding carboxylic acids is 1. The molecule has 1 heterocycles. The lowest BCUT2D eigenvalue weighted by Crippen LogP contribution is -2.16. The number of aryl methyl sites for hydroxylation is 2. The number of rotatable bonds is 5. The van der Waals surface area contributed by atoms with Crippen LogP contribution in [0.5, 0.6) is 0 Å². The van der Waals surface area contributed by atoms with Gasteiger partial charge in [0.2, 0.25) is 0 Å². The Balaban J connectivity index is 1.56. The summed E-state index contributed by atoms with van der Waals surface area (Å²) in [5, 5.41) is 2.80. The van der Waals surface area contributed by atoms with Gasteiger partial charge in [-0.2, -0.15) is 0 Å². The number of fused-ring (bicyclic) bond motifs is 1. The number of amides is 1. The maximum Gasteiger partial charge on any atom is 0.265 e. The SMILES string of the molecule is O=C(Nc1ccccc1NS(=O)(=O)c1ccc(F)cc1)c1cc2c(s1)CCCC2. The van der Waals surface area contributed by atoms with E-state index in [-0.39, 0.29) is 16.5 Å². The minimum atomic E-state index is -3.92. The lowest BCUT2D eigenvalue weighted by Gasteiger charge is -2.13. The number of anilines is 2. The zero-order valence-electron chi connectivity index (χ0n) is 15.4. The monoisotopic (exact) mass is 430 g/mol. The normalized spacial score (nSPS) is 13.6. The van der Waals surface area contributed by atoms with Gasteiger partial charge in [0.1, 0.15) is 5.82 Å². The van der Waals surface area contributed by atoms with E-state index < -0.39 is 15.8 Å². The zero-order valence-corrected chi connectivity index (χ0v) is 17.1. The molecule has 0 saturated carbocycles. The van der Waals surface area contributed by atoms with Crippen molar-refractivity contribution < 1.29 is 17.6 Å². The summed E-state index contributed by atoms with van der Waals surface area (Å²) in [6, 6.07) is 13.1. The third-order valence-corrected chi connectivity index (χ3v) is 7.38. The van der Waals surface area contributed by atoms with E-state index in [4.69, 9.17) is 0 Å². The molecule has 1 aliphatic carbocycles. The summed E-state index contributed by atoms with van der Waals surface area (Å²) in [7, 11) is -3.92. The van der Waals surface area contributed by atoms with Gasteiger partial charge in [-0.3, -0.25) is 9.52 Å². The van der Waals surface area contributed by atoms with Gasteiger partial charge in [0, 0.05) is 4.88 Å². The highest BCUT2D eigenvalue weighted by atomic mass is 32.2. The van der Waals surface area contributed by atoms with Crippen molar-refractivity contribution in [3.8, 4) is 0 Å². The number of benzene rings is 2. The largest absolute Gasteiger partial charge is 0.319 e. The molecule has 0 radical (unpaired) electrons. The zero-order chi connectivity index (χ0) is 20.4. The number of thiophene rings is 1. The molecule has 0 spiro atoms. The van der Waals surface area contributed by atoms with E-state index in [0.717, 1.165) is 37.8 Å². The summed E-state index contributed by atoms with van der Waals surface area (Å²) in [5.41, 5.74) is 1.83. The van der Waals surface area contributed by atoms with Crippen LogP contribution in [0.25, 0.3) is 0 Å². The van der Waals surface area contributed by atoms with Crippen LogP contribution in [0.1, 0.15) is 33.0 Å². The van der Waals surface area contributed by atoms with Gasteiger partial charge >= 0.3 is 0 Å². The van der Waals surface area contributed by atoms with Gasteiger partial charge < -0.3 is 5.32 Å². The fourth-order valence-electron chi connectivity index (χ4n) is 3.29. The minimum Gasteiger partial charge on any atom is -0.319 e. The molecule has 29 heavy (non-hydrogen) atoms. The van der Waals surface area contributed by atoms with E-state index in [2.05, 4.69) is 10.0 Å². The van der Waals surface area contributed by atoms with Crippen molar-refractivity contribution in [3.05, 3.63) is 75.7 Å². The van der Waals surface area contributed by atoms with Crippen molar-refractivity contribution in [2.45, 2.75) is 30.6 Å². The minimum absolute atomic E-state index is 0.0639. The molecule has 1 amide bonds. The molecule has 2 N–H and O–H groups in total. The van der Waals surface area contributed by atoms with Crippen LogP contribution in [0.4, 0.5) is 15.8 Å². The topological polar surface area (TPSA) is 75.3 Å². The van der Waals surface area contributed by atoms with Crippen molar-refractivity contribution in [1.82, 2.24) is 0 Å². The fourth-order valence-corrected chi connectivity index (χ4v) is 5.51.